The molecule has 1 heterocycles. The molecule has 0 aliphatic heterocycles. The van der Waals surface area contributed by atoms with Gasteiger partial charge < -0.3 is 9.84 Å². The Bertz CT molecular complexity index is 491. The Morgan fingerprint density at radius 2 is 2.06 bits per heavy atom. The minimum absolute atomic E-state index is 0.197. The van der Waals surface area contributed by atoms with Crippen molar-refractivity contribution in [3.8, 4) is 5.75 Å². The fourth-order valence-corrected chi connectivity index (χ4v) is 1.57. The van der Waals surface area contributed by atoms with Crippen molar-refractivity contribution in [3.05, 3.63) is 36.5 Å². The minimum Gasteiger partial charge on any atom is -0.490 e. The number of benzene rings is 1. The number of rotatable bonds is 4. The number of pyridine rings is 1. The van der Waals surface area contributed by atoms with Gasteiger partial charge in [-0.3, -0.25) is 4.98 Å². The first-order chi connectivity index (χ1) is 8.18. The first kappa shape index (κ1) is 11.9. The molecule has 1 unspecified atom stereocenters. The smallest absolute Gasteiger partial charge is 0.128 e. The van der Waals surface area contributed by atoms with Gasteiger partial charge in [0.25, 0.3) is 0 Å². The molecule has 0 bridgehead atoms. The molecule has 3 nitrogen and oxygen atoms in total. The van der Waals surface area contributed by atoms with Crippen LogP contribution in [0.5, 0.6) is 5.75 Å². The highest BCUT2D eigenvalue weighted by atomic mass is 16.5. The largest absolute Gasteiger partial charge is 0.490 e. The standard InChI is InChI=1S/C14H17NO2/c1-10(2)13(16)9-17-14-7-3-6-12-11(14)5-4-8-15-12/h3-8,10,13,16H,9H2,1-2H3. The van der Waals surface area contributed by atoms with Crippen LogP contribution in [0.15, 0.2) is 36.5 Å². The van der Waals surface area contributed by atoms with Gasteiger partial charge in [-0.25, -0.2) is 0 Å². The molecule has 3 heteroatoms. The minimum atomic E-state index is -0.443. The summed E-state index contributed by atoms with van der Waals surface area (Å²) in [5.41, 5.74) is 0.907. The van der Waals surface area contributed by atoms with Gasteiger partial charge in [-0.05, 0) is 30.2 Å². The molecule has 1 aromatic carbocycles. The summed E-state index contributed by atoms with van der Waals surface area (Å²) >= 11 is 0. The molecule has 0 fully saturated rings. The second-order valence-electron chi connectivity index (χ2n) is 4.45. The number of aliphatic hydroxyl groups is 1. The van der Waals surface area contributed by atoms with Gasteiger partial charge in [0.15, 0.2) is 0 Å². The number of ether oxygens (including phenoxy) is 1. The van der Waals surface area contributed by atoms with E-state index in [2.05, 4.69) is 4.98 Å². The van der Waals surface area contributed by atoms with Gasteiger partial charge in [0.05, 0.1) is 11.6 Å². The van der Waals surface area contributed by atoms with Crippen molar-refractivity contribution in [2.24, 2.45) is 5.92 Å². The van der Waals surface area contributed by atoms with Crippen molar-refractivity contribution in [2.45, 2.75) is 20.0 Å². The van der Waals surface area contributed by atoms with E-state index >= 15 is 0 Å². The molecule has 0 amide bonds. The van der Waals surface area contributed by atoms with Gasteiger partial charge in [0, 0.05) is 11.6 Å². The zero-order valence-electron chi connectivity index (χ0n) is 10.1. The first-order valence-corrected chi connectivity index (χ1v) is 5.83. The lowest BCUT2D eigenvalue weighted by atomic mass is 10.1. The molecule has 90 valence electrons. The van der Waals surface area contributed by atoms with Crippen LogP contribution in [0.4, 0.5) is 0 Å². The summed E-state index contributed by atoms with van der Waals surface area (Å²) in [7, 11) is 0. The van der Waals surface area contributed by atoms with Gasteiger partial charge in [0.1, 0.15) is 12.4 Å². The molecule has 1 aromatic heterocycles. The third-order valence-electron chi connectivity index (χ3n) is 2.78. The summed E-state index contributed by atoms with van der Waals surface area (Å²) < 4.78 is 5.65. The lowest BCUT2D eigenvalue weighted by Gasteiger charge is -2.16. The number of hydrogen-bond acceptors (Lipinski definition) is 3. The normalized spacial score (nSPS) is 12.9. The summed E-state index contributed by atoms with van der Waals surface area (Å²) in [6.07, 6.45) is 1.32. The van der Waals surface area contributed by atoms with Gasteiger partial charge in [-0.1, -0.05) is 19.9 Å². The SMILES string of the molecule is CC(C)C(O)COc1cccc2ncccc12. The summed E-state index contributed by atoms with van der Waals surface area (Å²) in [5.74, 6) is 0.971. The zero-order valence-corrected chi connectivity index (χ0v) is 10.1. The van der Waals surface area contributed by atoms with Gasteiger partial charge in [-0.2, -0.15) is 0 Å². The maximum atomic E-state index is 9.72. The van der Waals surface area contributed by atoms with E-state index in [-0.39, 0.29) is 5.92 Å². The lowest BCUT2D eigenvalue weighted by molar-refractivity contribution is 0.0708. The van der Waals surface area contributed by atoms with Gasteiger partial charge in [0.2, 0.25) is 0 Å². The first-order valence-electron chi connectivity index (χ1n) is 5.83. The number of aromatic nitrogens is 1. The summed E-state index contributed by atoms with van der Waals surface area (Å²) in [6.45, 7) is 4.25. The second kappa shape index (κ2) is 5.15. The van der Waals surface area contributed by atoms with E-state index in [0.29, 0.717) is 6.61 Å². The number of hydrogen-bond donors (Lipinski definition) is 1. The molecule has 1 atom stereocenters. The summed E-state index contributed by atoms with van der Waals surface area (Å²) in [4.78, 5) is 4.26. The van der Waals surface area contributed by atoms with E-state index < -0.39 is 6.10 Å². The predicted molar refractivity (Wildman–Crippen MR) is 68.1 cm³/mol. The number of fused-ring (bicyclic) bond motifs is 1. The van der Waals surface area contributed by atoms with Crippen LogP contribution >= 0.6 is 0 Å². The zero-order chi connectivity index (χ0) is 12.3. The van der Waals surface area contributed by atoms with Crippen LogP contribution in [0.3, 0.4) is 0 Å². The van der Waals surface area contributed by atoms with Crippen LogP contribution in [0.1, 0.15) is 13.8 Å². The maximum absolute atomic E-state index is 9.72. The van der Waals surface area contributed by atoms with Crippen molar-refractivity contribution in [2.75, 3.05) is 6.61 Å². The van der Waals surface area contributed by atoms with Crippen LogP contribution in [0.25, 0.3) is 10.9 Å². The van der Waals surface area contributed by atoms with E-state index in [1.807, 2.05) is 44.2 Å². The second-order valence-corrected chi connectivity index (χ2v) is 4.45. The van der Waals surface area contributed by atoms with E-state index in [4.69, 9.17) is 4.74 Å². The van der Waals surface area contributed by atoms with Crippen LogP contribution in [0, 0.1) is 5.92 Å². The Kier molecular flexibility index (Phi) is 3.59. The third kappa shape index (κ3) is 2.74. The molecule has 0 spiro atoms. The number of aliphatic hydroxyl groups excluding tert-OH is 1. The Morgan fingerprint density at radius 1 is 1.24 bits per heavy atom. The highest BCUT2D eigenvalue weighted by Gasteiger charge is 2.10. The van der Waals surface area contributed by atoms with Gasteiger partial charge in [-0.15, -0.1) is 0 Å². The van der Waals surface area contributed by atoms with E-state index in [1.165, 1.54) is 0 Å². The molecule has 0 saturated heterocycles. The number of nitrogens with zero attached hydrogens (tertiary/aromatic N) is 1. The highest BCUT2D eigenvalue weighted by molar-refractivity contribution is 5.84. The van der Waals surface area contributed by atoms with E-state index in [0.717, 1.165) is 16.7 Å². The van der Waals surface area contributed by atoms with E-state index in [1.54, 1.807) is 6.20 Å². The molecular formula is C14H17NO2. The average molecular weight is 231 g/mol. The molecule has 2 aromatic rings. The molecule has 0 saturated carbocycles. The molecule has 0 radical (unpaired) electrons. The molecule has 0 aliphatic rings. The van der Waals surface area contributed by atoms with Crippen LogP contribution in [0.2, 0.25) is 0 Å². The monoisotopic (exact) mass is 231 g/mol. The Hall–Kier alpha value is -1.61. The lowest BCUT2D eigenvalue weighted by Crippen LogP contribution is -2.23. The quantitative estimate of drug-likeness (QED) is 0.879. The van der Waals surface area contributed by atoms with Crippen molar-refractivity contribution in [3.63, 3.8) is 0 Å². The molecule has 0 aliphatic carbocycles. The Labute approximate surface area is 101 Å². The maximum Gasteiger partial charge on any atom is 0.128 e. The highest BCUT2D eigenvalue weighted by Crippen LogP contribution is 2.23. The van der Waals surface area contributed by atoms with Crippen molar-refractivity contribution in [1.29, 1.82) is 0 Å². The average Bonchev–Trinajstić information content (AvgIpc) is 2.35. The third-order valence-corrected chi connectivity index (χ3v) is 2.78. The topological polar surface area (TPSA) is 42.4 Å². The Morgan fingerprint density at radius 3 is 2.82 bits per heavy atom. The van der Waals surface area contributed by atoms with Crippen LogP contribution < -0.4 is 4.74 Å². The fraction of sp³-hybridized carbons (Fsp3) is 0.357. The molecule has 2 rings (SSSR count). The molecule has 17 heavy (non-hydrogen) atoms. The van der Waals surface area contributed by atoms with Crippen LogP contribution in [-0.4, -0.2) is 22.8 Å². The summed E-state index contributed by atoms with van der Waals surface area (Å²) in [6, 6.07) is 9.61. The molecule has 1 N–H and O–H groups in total. The van der Waals surface area contributed by atoms with Crippen molar-refractivity contribution >= 4 is 10.9 Å². The van der Waals surface area contributed by atoms with E-state index in [9.17, 15) is 5.11 Å². The van der Waals surface area contributed by atoms with Crippen molar-refractivity contribution < 1.29 is 9.84 Å². The predicted octanol–water partition coefficient (Wildman–Crippen LogP) is 2.63. The van der Waals surface area contributed by atoms with Gasteiger partial charge >= 0.3 is 0 Å². The Balaban J connectivity index is 2.19. The fourth-order valence-electron chi connectivity index (χ4n) is 1.57. The van der Waals surface area contributed by atoms with Crippen LogP contribution in [-0.2, 0) is 0 Å². The molecular weight excluding hydrogens is 214 g/mol. The van der Waals surface area contributed by atoms with Crippen molar-refractivity contribution in [1.82, 2.24) is 4.98 Å². The summed E-state index contributed by atoms with van der Waals surface area (Å²) in [5, 5.41) is 10.7.